The van der Waals surface area contributed by atoms with Crippen molar-refractivity contribution in [1.29, 1.82) is 0 Å². The number of nitrogens with one attached hydrogen (secondary N) is 2. The van der Waals surface area contributed by atoms with Gasteiger partial charge in [-0.15, -0.1) is 0 Å². The number of rotatable bonds is 10. The summed E-state index contributed by atoms with van der Waals surface area (Å²) in [6, 6.07) is 16.4. The van der Waals surface area contributed by atoms with Crippen molar-refractivity contribution in [1.82, 2.24) is 5.43 Å². The molecule has 0 aliphatic carbocycles. The van der Waals surface area contributed by atoms with E-state index in [1.165, 1.54) is 11.8 Å². The van der Waals surface area contributed by atoms with Crippen molar-refractivity contribution in [3.8, 4) is 11.5 Å². The highest BCUT2D eigenvalue weighted by Gasteiger charge is 2.14. The third-order valence-corrected chi connectivity index (χ3v) is 6.19. The van der Waals surface area contributed by atoms with Gasteiger partial charge < -0.3 is 14.8 Å². The number of amides is 2. The Morgan fingerprint density at radius 1 is 1.06 bits per heavy atom. The summed E-state index contributed by atoms with van der Waals surface area (Å²) in [5, 5.41) is 6.99. The van der Waals surface area contributed by atoms with Crippen LogP contribution in [0.1, 0.15) is 30.0 Å². The maximum absolute atomic E-state index is 12.1. The molecule has 2 amide bonds. The highest BCUT2D eigenvalue weighted by atomic mass is 79.9. The van der Waals surface area contributed by atoms with Gasteiger partial charge in [-0.05, 0) is 65.2 Å². The van der Waals surface area contributed by atoms with E-state index in [1.54, 1.807) is 30.3 Å². The number of benzene rings is 3. The first-order chi connectivity index (χ1) is 17.3. The maximum atomic E-state index is 12.1. The summed E-state index contributed by atoms with van der Waals surface area (Å²) in [6.07, 6.45) is 1.00. The minimum absolute atomic E-state index is 0.202. The Morgan fingerprint density at radius 3 is 2.53 bits per heavy atom. The van der Waals surface area contributed by atoms with Crippen LogP contribution in [0.15, 0.2) is 64.2 Å². The van der Waals surface area contributed by atoms with Crippen molar-refractivity contribution in [3.05, 3.63) is 85.8 Å². The summed E-state index contributed by atoms with van der Waals surface area (Å²) in [7, 11) is 0. The predicted octanol–water partition coefficient (Wildman–Crippen LogP) is 6.52. The third-order valence-electron chi connectivity index (χ3n) is 4.79. The number of hydrogen-bond donors (Lipinski definition) is 2. The molecular formula is C26H24BrCl2N3O4. The first kappa shape index (κ1) is 27.5. The number of carbonyl (C=O) groups excluding carboxylic acids is 2. The summed E-state index contributed by atoms with van der Waals surface area (Å²) in [5.41, 5.74) is 5.52. The number of nitrogens with zero attached hydrogens (tertiary/aromatic N) is 1. The van der Waals surface area contributed by atoms with Crippen LogP contribution in [-0.4, -0.2) is 24.6 Å². The quantitative estimate of drug-likeness (QED) is 0.159. The van der Waals surface area contributed by atoms with E-state index in [0.29, 0.717) is 45.5 Å². The number of aryl methyl sites for hydroxylation is 1. The highest BCUT2D eigenvalue weighted by molar-refractivity contribution is 9.10. The summed E-state index contributed by atoms with van der Waals surface area (Å²) >= 11 is 15.5. The van der Waals surface area contributed by atoms with Crippen LogP contribution in [0, 0.1) is 6.92 Å². The molecule has 0 radical (unpaired) electrons. The fraction of sp³-hybridized carbons (Fsp3) is 0.192. The van der Waals surface area contributed by atoms with E-state index < -0.39 is 18.2 Å². The fourth-order valence-corrected chi connectivity index (χ4v) is 3.99. The Morgan fingerprint density at radius 2 is 1.81 bits per heavy atom. The molecule has 3 aromatic carbocycles. The number of hydrogen-bond acceptors (Lipinski definition) is 5. The van der Waals surface area contributed by atoms with Gasteiger partial charge >= 0.3 is 0 Å². The molecule has 10 heteroatoms. The monoisotopic (exact) mass is 591 g/mol. The van der Waals surface area contributed by atoms with E-state index in [-0.39, 0.29) is 5.02 Å². The number of ether oxygens (including phenoxy) is 2. The number of carbonyl (C=O) groups is 2. The molecule has 3 aromatic rings. The molecule has 0 aliphatic heterocycles. The first-order valence-corrected chi connectivity index (χ1v) is 12.5. The zero-order valence-electron chi connectivity index (χ0n) is 19.6. The van der Waals surface area contributed by atoms with Gasteiger partial charge in [0.05, 0.1) is 33.0 Å². The second-order valence-corrected chi connectivity index (χ2v) is 9.30. The van der Waals surface area contributed by atoms with Crippen molar-refractivity contribution in [2.75, 3.05) is 11.9 Å². The van der Waals surface area contributed by atoms with Crippen molar-refractivity contribution in [3.63, 3.8) is 0 Å². The lowest BCUT2D eigenvalue weighted by Gasteiger charge is -2.15. The van der Waals surface area contributed by atoms with Crippen LogP contribution in [-0.2, 0) is 16.2 Å². The normalized spacial score (nSPS) is 10.8. The maximum Gasteiger partial charge on any atom is 0.249 e. The molecule has 188 valence electrons. The van der Waals surface area contributed by atoms with Crippen molar-refractivity contribution >= 4 is 62.8 Å². The van der Waals surface area contributed by atoms with Crippen LogP contribution in [0.25, 0.3) is 0 Å². The van der Waals surface area contributed by atoms with Crippen LogP contribution < -0.4 is 20.2 Å². The lowest BCUT2D eigenvalue weighted by atomic mass is 10.2. The smallest absolute Gasteiger partial charge is 0.249 e. The van der Waals surface area contributed by atoms with E-state index in [9.17, 15) is 9.59 Å². The van der Waals surface area contributed by atoms with Crippen molar-refractivity contribution < 1.29 is 19.1 Å². The topological polar surface area (TPSA) is 89.0 Å². The number of hydrazone groups is 1. The van der Waals surface area contributed by atoms with Crippen molar-refractivity contribution in [2.24, 2.45) is 5.10 Å². The van der Waals surface area contributed by atoms with Crippen LogP contribution in [0.3, 0.4) is 0 Å². The van der Waals surface area contributed by atoms with Crippen LogP contribution >= 0.6 is 39.1 Å². The lowest BCUT2D eigenvalue weighted by Crippen LogP contribution is -2.24. The summed E-state index contributed by atoms with van der Waals surface area (Å²) in [6.45, 7) is 4.73. The van der Waals surface area contributed by atoms with Gasteiger partial charge in [0, 0.05) is 0 Å². The SMILES string of the molecule is CCOc1cc(C=NNC(=O)CC(=O)Nc2cccc(Cl)c2Cl)cc(Br)c1OCc1ccc(C)cc1. The number of halogens is 3. The molecule has 0 aliphatic rings. The molecular weight excluding hydrogens is 569 g/mol. The predicted molar refractivity (Wildman–Crippen MR) is 146 cm³/mol. The Balaban J connectivity index is 1.60. The summed E-state index contributed by atoms with van der Waals surface area (Å²) in [5.74, 6) is -0.0492. The zero-order valence-corrected chi connectivity index (χ0v) is 22.7. The Hall–Kier alpha value is -3.07. The van der Waals surface area contributed by atoms with E-state index in [2.05, 4.69) is 31.8 Å². The van der Waals surface area contributed by atoms with Gasteiger partial charge in [0.25, 0.3) is 0 Å². The minimum Gasteiger partial charge on any atom is -0.490 e. The largest absolute Gasteiger partial charge is 0.490 e. The van der Waals surface area contributed by atoms with Gasteiger partial charge in [-0.3, -0.25) is 9.59 Å². The Bertz CT molecular complexity index is 1270. The second kappa shape index (κ2) is 13.3. The van der Waals surface area contributed by atoms with Crippen LogP contribution in [0.4, 0.5) is 5.69 Å². The summed E-state index contributed by atoms with van der Waals surface area (Å²) < 4.78 is 12.4. The van der Waals surface area contributed by atoms with Crippen LogP contribution in [0.2, 0.25) is 10.0 Å². The molecule has 0 heterocycles. The van der Waals surface area contributed by atoms with E-state index in [0.717, 1.165) is 5.56 Å². The highest BCUT2D eigenvalue weighted by Crippen LogP contribution is 2.37. The van der Waals surface area contributed by atoms with Gasteiger partial charge in [-0.2, -0.15) is 5.10 Å². The standard InChI is InChI=1S/C26H24BrCl2N3O4/c1-3-35-22-12-18(11-19(27)26(22)36-15-17-9-7-16(2)8-10-17)14-30-32-24(34)13-23(33)31-21-6-4-5-20(28)25(21)29/h4-12,14H,3,13,15H2,1-2H3,(H,31,33)(H,32,34). The van der Waals surface area contributed by atoms with Crippen LogP contribution in [0.5, 0.6) is 11.5 Å². The Kier molecular flexibility index (Phi) is 10.2. The lowest BCUT2D eigenvalue weighted by molar-refractivity contribution is -0.126. The zero-order chi connectivity index (χ0) is 26.1. The van der Waals surface area contributed by atoms with Gasteiger partial charge in [-0.25, -0.2) is 5.43 Å². The molecule has 2 N–H and O–H groups in total. The van der Waals surface area contributed by atoms with Gasteiger partial charge in [0.15, 0.2) is 11.5 Å². The molecule has 3 rings (SSSR count). The third kappa shape index (κ3) is 7.98. The summed E-state index contributed by atoms with van der Waals surface area (Å²) in [4.78, 5) is 24.3. The fourth-order valence-electron chi connectivity index (χ4n) is 3.06. The minimum atomic E-state index is -0.593. The molecule has 36 heavy (non-hydrogen) atoms. The Labute approximate surface area is 227 Å². The molecule has 0 saturated carbocycles. The van der Waals surface area contributed by atoms with E-state index >= 15 is 0 Å². The first-order valence-electron chi connectivity index (χ1n) is 11.0. The van der Waals surface area contributed by atoms with Crippen molar-refractivity contribution in [2.45, 2.75) is 26.9 Å². The molecule has 0 fully saturated rings. The molecule has 0 spiro atoms. The molecule has 0 bridgehead atoms. The molecule has 0 atom stereocenters. The molecule has 0 aromatic heterocycles. The second-order valence-electron chi connectivity index (χ2n) is 7.66. The number of anilines is 1. The average molecular weight is 593 g/mol. The molecule has 7 nitrogen and oxygen atoms in total. The van der Waals surface area contributed by atoms with E-state index in [4.69, 9.17) is 32.7 Å². The van der Waals surface area contributed by atoms with E-state index in [1.807, 2.05) is 38.1 Å². The molecule has 0 saturated heterocycles. The van der Waals surface area contributed by atoms with Gasteiger partial charge in [0.1, 0.15) is 13.0 Å². The van der Waals surface area contributed by atoms with Gasteiger partial charge in [0.2, 0.25) is 11.8 Å². The van der Waals surface area contributed by atoms with Gasteiger partial charge in [-0.1, -0.05) is 59.1 Å². The average Bonchev–Trinajstić information content (AvgIpc) is 2.83. The molecule has 0 unspecified atom stereocenters.